The Morgan fingerprint density at radius 3 is 2.69 bits per heavy atom. The van der Waals surface area contributed by atoms with Crippen LogP contribution in [0.3, 0.4) is 0 Å². The summed E-state index contributed by atoms with van der Waals surface area (Å²) in [4.78, 5) is 12.6. The second-order valence-corrected chi connectivity index (χ2v) is 9.15. The highest BCUT2D eigenvalue weighted by atomic mass is 16.6. The van der Waals surface area contributed by atoms with Crippen LogP contribution < -0.4 is 19.5 Å². The molecule has 8 heteroatoms. The van der Waals surface area contributed by atoms with Gasteiger partial charge in [0.2, 0.25) is 0 Å². The zero-order valence-corrected chi connectivity index (χ0v) is 20.7. The Balaban J connectivity index is 1.84. The Labute approximate surface area is 211 Å². The Kier molecular flexibility index (Phi) is 8.36. The topological polar surface area (TPSA) is 117 Å². The molecule has 0 radical (unpaired) electrons. The zero-order valence-electron chi connectivity index (χ0n) is 20.7. The van der Waals surface area contributed by atoms with E-state index in [9.17, 15) is 20.1 Å². The van der Waals surface area contributed by atoms with Gasteiger partial charge in [-0.1, -0.05) is 24.0 Å². The number of hydrogen-bond acceptors (Lipinski definition) is 8. The van der Waals surface area contributed by atoms with Gasteiger partial charge in [-0.25, -0.2) is 0 Å². The van der Waals surface area contributed by atoms with Gasteiger partial charge in [-0.05, 0) is 49.9 Å². The third-order valence-corrected chi connectivity index (χ3v) is 6.57. The van der Waals surface area contributed by atoms with E-state index < -0.39 is 12.4 Å². The Morgan fingerprint density at radius 1 is 1.08 bits per heavy atom. The van der Waals surface area contributed by atoms with Gasteiger partial charge >= 0.3 is 0 Å². The molecule has 192 valence electrons. The van der Waals surface area contributed by atoms with Gasteiger partial charge in [-0.3, -0.25) is 10.1 Å². The van der Waals surface area contributed by atoms with Crippen LogP contribution >= 0.6 is 0 Å². The Hall–Kier alpha value is -3.25. The molecule has 0 aromatic heterocycles. The van der Waals surface area contributed by atoms with Crippen molar-refractivity contribution < 1.29 is 34.3 Å². The third-order valence-electron chi connectivity index (χ3n) is 6.57. The van der Waals surface area contributed by atoms with Gasteiger partial charge in [0.1, 0.15) is 12.5 Å². The van der Waals surface area contributed by atoms with E-state index in [-0.39, 0.29) is 36.9 Å². The van der Waals surface area contributed by atoms with Gasteiger partial charge in [0.15, 0.2) is 29.3 Å². The van der Waals surface area contributed by atoms with E-state index in [1.807, 2.05) is 6.07 Å². The summed E-state index contributed by atoms with van der Waals surface area (Å²) < 4.78 is 17.3. The number of nitrogens with one attached hydrogen (secondary N) is 1. The first kappa shape index (κ1) is 25.8. The zero-order chi connectivity index (χ0) is 25.7. The number of phenolic OH excluding ortho intramolecular Hbond substituents is 1. The number of Topliss-reactive ketones (excluding diaryl/α,β-unsaturated/α-hetero) is 1. The third kappa shape index (κ3) is 5.76. The molecule has 2 bridgehead atoms. The predicted octanol–water partition coefficient (Wildman–Crippen LogP) is 2.39. The fourth-order valence-corrected chi connectivity index (χ4v) is 4.77. The lowest BCUT2D eigenvalue weighted by atomic mass is 9.91. The molecule has 0 amide bonds. The average Bonchev–Trinajstić information content (AvgIpc) is 2.86. The van der Waals surface area contributed by atoms with E-state index in [1.54, 1.807) is 13.1 Å². The summed E-state index contributed by atoms with van der Waals surface area (Å²) in [6.45, 7) is 0.247. The summed E-state index contributed by atoms with van der Waals surface area (Å²) in [6.07, 6.45) is 1.46. The molecular formula is C28H33NO7. The fourth-order valence-electron chi connectivity index (χ4n) is 4.77. The SMILES string of the molecule is CNCOc1c2cc(c3c1OC(O)CC3)CCC(O)CC(=O)CCc1ccc(O)c(OC)c1C#CC2. The molecule has 2 aromatic carbocycles. The number of rotatable bonds is 4. The van der Waals surface area contributed by atoms with Gasteiger partial charge in [0, 0.05) is 36.8 Å². The molecule has 2 aliphatic rings. The molecule has 0 spiro atoms. The highest BCUT2D eigenvalue weighted by Crippen LogP contribution is 2.42. The molecule has 2 aromatic rings. The highest BCUT2D eigenvalue weighted by molar-refractivity contribution is 5.79. The number of hydrogen-bond donors (Lipinski definition) is 4. The number of phenols is 1. The van der Waals surface area contributed by atoms with Crippen molar-refractivity contribution in [2.45, 2.75) is 63.8 Å². The fraction of sp³-hybridized carbons (Fsp3) is 0.464. The highest BCUT2D eigenvalue weighted by Gasteiger charge is 2.27. The molecule has 8 nitrogen and oxygen atoms in total. The summed E-state index contributed by atoms with van der Waals surface area (Å²) in [7, 11) is 3.24. The number of methoxy groups -OCH3 is 1. The van der Waals surface area contributed by atoms with Gasteiger partial charge in [0.05, 0.1) is 18.8 Å². The molecule has 2 atom stereocenters. The number of ketones is 1. The molecule has 1 heterocycles. The minimum absolute atomic E-state index is 0.0262. The summed E-state index contributed by atoms with van der Waals surface area (Å²) in [5.74, 6) is 7.56. The number of aliphatic hydroxyl groups excluding tert-OH is 2. The standard InChI is InChI=1S/C28H33NO7/c1-29-16-35-26-19-4-3-5-22-17(8-12-24(32)27(22)34-2)6-9-20(30)15-21(31)10-7-18(14-19)23-11-13-25(33)36-28(23)26/h8,12,14,21,25,29,31-33H,4,6-7,9-11,13,15-16H2,1-2H3. The number of carbonyl (C=O) groups is 1. The molecular weight excluding hydrogens is 462 g/mol. The molecule has 0 saturated heterocycles. The van der Waals surface area contributed by atoms with Gasteiger partial charge in [-0.15, -0.1) is 0 Å². The first-order valence-electron chi connectivity index (χ1n) is 12.3. The largest absolute Gasteiger partial charge is 0.504 e. The van der Waals surface area contributed by atoms with Crippen molar-refractivity contribution in [3.8, 4) is 34.8 Å². The number of fused-ring (bicyclic) bond motifs is 5. The summed E-state index contributed by atoms with van der Waals surface area (Å²) >= 11 is 0. The van der Waals surface area contributed by atoms with Crippen LogP contribution in [0.2, 0.25) is 0 Å². The lowest BCUT2D eigenvalue weighted by molar-refractivity contribution is -0.121. The summed E-state index contributed by atoms with van der Waals surface area (Å²) in [5, 5.41) is 34.1. The van der Waals surface area contributed by atoms with Crippen LogP contribution in [0.15, 0.2) is 18.2 Å². The first-order chi connectivity index (χ1) is 17.4. The lowest BCUT2D eigenvalue weighted by Crippen LogP contribution is -2.25. The van der Waals surface area contributed by atoms with Crippen molar-refractivity contribution in [1.29, 1.82) is 0 Å². The normalized spacial score (nSPS) is 19.9. The van der Waals surface area contributed by atoms with E-state index >= 15 is 0 Å². The van der Waals surface area contributed by atoms with Crippen LogP contribution in [-0.2, 0) is 30.5 Å². The van der Waals surface area contributed by atoms with E-state index in [4.69, 9.17) is 14.2 Å². The molecule has 36 heavy (non-hydrogen) atoms. The number of carbonyl (C=O) groups excluding carboxylic acids is 1. The van der Waals surface area contributed by atoms with Gasteiger partial charge < -0.3 is 29.5 Å². The molecule has 4 rings (SSSR count). The number of aliphatic hydroxyl groups is 2. The van der Waals surface area contributed by atoms with E-state index in [0.29, 0.717) is 55.6 Å². The van der Waals surface area contributed by atoms with Crippen molar-refractivity contribution >= 4 is 5.78 Å². The van der Waals surface area contributed by atoms with E-state index in [1.165, 1.54) is 13.2 Å². The van der Waals surface area contributed by atoms with Crippen LogP contribution in [0, 0.1) is 11.8 Å². The first-order valence-corrected chi connectivity index (χ1v) is 12.3. The van der Waals surface area contributed by atoms with Crippen molar-refractivity contribution in [3.63, 3.8) is 0 Å². The monoisotopic (exact) mass is 495 g/mol. The maximum absolute atomic E-state index is 12.6. The quantitative estimate of drug-likeness (QED) is 0.377. The smallest absolute Gasteiger partial charge is 0.197 e. The molecule has 2 unspecified atom stereocenters. The number of benzene rings is 2. The summed E-state index contributed by atoms with van der Waals surface area (Å²) in [5.41, 5.74) is 4.05. The van der Waals surface area contributed by atoms with Crippen LogP contribution in [0.4, 0.5) is 0 Å². The number of aryl methyl sites for hydroxylation is 2. The van der Waals surface area contributed by atoms with Crippen molar-refractivity contribution in [3.05, 3.63) is 46.0 Å². The number of ether oxygens (including phenoxy) is 3. The van der Waals surface area contributed by atoms with Crippen LogP contribution in [-0.4, -0.2) is 54.4 Å². The predicted molar refractivity (Wildman–Crippen MR) is 133 cm³/mol. The second-order valence-electron chi connectivity index (χ2n) is 9.15. The van der Waals surface area contributed by atoms with E-state index in [0.717, 1.165) is 22.3 Å². The minimum Gasteiger partial charge on any atom is -0.504 e. The van der Waals surface area contributed by atoms with Crippen molar-refractivity contribution in [1.82, 2.24) is 5.32 Å². The minimum atomic E-state index is -0.931. The van der Waals surface area contributed by atoms with Crippen LogP contribution in [0.1, 0.15) is 53.5 Å². The van der Waals surface area contributed by atoms with Gasteiger partial charge in [-0.2, -0.15) is 0 Å². The molecule has 1 aliphatic carbocycles. The Morgan fingerprint density at radius 2 is 1.92 bits per heavy atom. The van der Waals surface area contributed by atoms with Crippen molar-refractivity contribution in [2.24, 2.45) is 0 Å². The molecule has 0 saturated carbocycles. The van der Waals surface area contributed by atoms with E-state index in [2.05, 4.69) is 17.2 Å². The van der Waals surface area contributed by atoms with Crippen LogP contribution in [0.25, 0.3) is 0 Å². The lowest BCUT2D eigenvalue weighted by Gasteiger charge is -2.28. The number of aromatic hydroxyl groups is 1. The van der Waals surface area contributed by atoms with Crippen LogP contribution in [0.5, 0.6) is 23.0 Å². The maximum Gasteiger partial charge on any atom is 0.197 e. The average molecular weight is 496 g/mol. The summed E-state index contributed by atoms with van der Waals surface area (Å²) in [6, 6.07) is 5.31. The maximum atomic E-state index is 12.6. The molecule has 0 fully saturated rings. The van der Waals surface area contributed by atoms with Crippen molar-refractivity contribution in [2.75, 3.05) is 20.9 Å². The van der Waals surface area contributed by atoms with Gasteiger partial charge in [0.25, 0.3) is 0 Å². The molecule has 4 N–H and O–H groups in total. The Bertz CT molecular complexity index is 1180. The second kappa shape index (κ2) is 11.7. The molecule has 1 aliphatic heterocycles.